The van der Waals surface area contributed by atoms with E-state index in [0.717, 1.165) is 5.56 Å². The summed E-state index contributed by atoms with van der Waals surface area (Å²) in [5.41, 5.74) is 4.87. The number of methoxy groups -OCH3 is 1. The number of nitrogens with one attached hydrogen (secondary N) is 1. The van der Waals surface area contributed by atoms with E-state index < -0.39 is 0 Å². The monoisotopic (exact) mass is 265 g/mol. The summed E-state index contributed by atoms with van der Waals surface area (Å²) in [6.07, 6.45) is 0. The molecule has 1 rings (SSSR count). The van der Waals surface area contributed by atoms with Gasteiger partial charge < -0.3 is 15.1 Å². The van der Waals surface area contributed by atoms with Crippen molar-refractivity contribution in [1.82, 2.24) is 4.90 Å². The number of nitrogen functional groups attached to an aromatic ring is 1. The molecule has 0 unspecified atom stereocenters. The SMILES string of the molecule is COCCN(C(=O)c1ccc(C)cc1NN)C(C)C. The maximum Gasteiger partial charge on any atom is 0.256 e. The molecule has 0 aliphatic rings. The fourth-order valence-electron chi connectivity index (χ4n) is 1.90. The van der Waals surface area contributed by atoms with Crippen molar-refractivity contribution in [2.45, 2.75) is 26.8 Å². The Hall–Kier alpha value is -1.59. The van der Waals surface area contributed by atoms with Gasteiger partial charge in [-0.2, -0.15) is 0 Å². The van der Waals surface area contributed by atoms with E-state index in [4.69, 9.17) is 10.6 Å². The van der Waals surface area contributed by atoms with Gasteiger partial charge in [0.1, 0.15) is 0 Å². The predicted octanol–water partition coefficient (Wildman–Crippen LogP) is 1.78. The van der Waals surface area contributed by atoms with Crippen LogP contribution >= 0.6 is 0 Å². The lowest BCUT2D eigenvalue weighted by Gasteiger charge is -2.27. The Bertz CT molecular complexity index is 433. The number of ether oxygens (including phenoxy) is 1. The van der Waals surface area contributed by atoms with Gasteiger partial charge in [0.05, 0.1) is 17.9 Å². The van der Waals surface area contributed by atoms with Gasteiger partial charge in [0, 0.05) is 19.7 Å². The standard InChI is InChI=1S/C14H23N3O2/c1-10(2)17(7-8-19-4)14(18)12-6-5-11(3)9-13(12)16-15/h5-6,9-10,16H,7-8,15H2,1-4H3. The third kappa shape index (κ3) is 3.94. The van der Waals surface area contributed by atoms with Crippen LogP contribution in [0.1, 0.15) is 29.8 Å². The summed E-state index contributed by atoms with van der Waals surface area (Å²) >= 11 is 0. The molecule has 0 radical (unpaired) electrons. The van der Waals surface area contributed by atoms with E-state index in [1.54, 1.807) is 18.1 Å². The van der Waals surface area contributed by atoms with Crippen molar-refractivity contribution in [2.24, 2.45) is 5.84 Å². The number of aryl methyl sites for hydroxylation is 1. The first kappa shape index (κ1) is 15.5. The predicted molar refractivity (Wildman–Crippen MR) is 77.0 cm³/mol. The van der Waals surface area contributed by atoms with Crippen molar-refractivity contribution in [1.29, 1.82) is 0 Å². The second-order valence-corrected chi connectivity index (χ2v) is 4.78. The number of rotatable bonds is 6. The lowest BCUT2D eigenvalue weighted by atomic mass is 10.1. The number of carbonyl (C=O) groups excluding carboxylic acids is 1. The number of nitrogens with two attached hydrogens (primary N) is 1. The topological polar surface area (TPSA) is 67.6 Å². The van der Waals surface area contributed by atoms with E-state index in [9.17, 15) is 4.79 Å². The van der Waals surface area contributed by atoms with Gasteiger partial charge in [-0.3, -0.25) is 10.6 Å². The van der Waals surface area contributed by atoms with Crippen LogP contribution in [-0.2, 0) is 4.74 Å². The Labute approximate surface area is 114 Å². The molecule has 0 heterocycles. The summed E-state index contributed by atoms with van der Waals surface area (Å²) in [6.45, 7) is 7.00. The minimum absolute atomic E-state index is 0.0417. The van der Waals surface area contributed by atoms with Crippen molar-refractivity contribution in [3.05, 3.63) is 29.3 Å². The number of benzene rings is 1. The Morgan fingerprint density at radius 3 is 2.68 bits per heavy atom. The molecule has 1 amide bonds. The third-order valence-corrected chi connectivity index (χ3v) is 2.98. The Morgan fingerprint density at radius 2 is 2.16 bits per heavy atom. The average molecular weight is 265 g/mol. The van der Waals surface area contributed by atoms with Gasteiger partial charge in [-0.1, -0.05) is 6.07 Å². The number of anilines is 1. The summed E-state index contributed by atoms with van der Waals surface area (Å²) in [6, 6.07) is 5.68. The van der Waals surface area contributed by atoms with Crippen molar-refractivity contribution >= 4 is 11.6 Å². The molecular weight excluding hydrogens is 242 g/mol. The van der Waals surface area contributed by atoms with Gasteiger partial charge in [0.2, 0.25) is 0 Å². The largest absolute Gasteiger partial charge is 0.383 e. The third-order valence-electron chi connectivity index (χ3n) is 2.98. The Kier molecular flexibility index (Phi) is 5.79. The van der Waals surface area contributed by atoms with Crippen molar-refractivity contribution in [3.63, 3.8) is 0 Å². The van der Waals surface area contributed by atoms with Gasteiger partial charge >= 0.3 is 0 Å². The van der Waals surface area contributed by atoms with E-state index in [2.05, 4.69) is 5.43 Å². The van der Waals surface area contributed by atoms with Gasteiger partial charge in [-0.05, 0) is 38.5 Å². The molecule has 1 aromatic rings. The molecule has 0 atom stereocenters. The highest BCUT2D eigenvalue weighted by Crippen LogP contribution is 2.19. The summed E-state index contributed by atoms with van der Waals surface area (Å²) in [5, 5.41) is 0. The molecule has 5 nitrogen and oxygen atoms in total. The van der Waals surface area contributed by atoms with E-state index in [1.807, 2.05) is 32.9 Å². The highest BCUT2D eigenvalue weighted by Gasteiger charge is 2.20. The van der Waals surface area contributed by atoms with Crippen molar-refractivity contribution in [2.75, 3.05) is 25.7 Å². The number of nitrogens with zero attached hydrogens (tertiary/aromatic N) is 1. The zero-order valence-electron chi connectivity index (χ0n) is 12.1. The number of hydrogen-bond acceptors (Lipinski definition) is 4. The summed E-state index contributed by atoms with van der Waals surface area (Å²) in [5.74, 6) is 5.45. The fourth-order valence-corrected chi connectivity index (χ4v) is 1.90. The van der Waals surface area contributed by atoms with E-state index in [-0.39, 0.29) is 11.9 Å². The molecule has 19 heavy (non-hydrogen) atoms. The van der Waals surface area contributed by atoms with Crippen LogP contribution in [-0.4, -0.2) is 37.1 Å². The summed E-state index contributed by atoms with van der Waals surface area (Å²) in [4.78, 5) is 14.3. The smallest absolute Gasteiger partial charge is 0.256 e. The second kappa shape index (κ2) is 7.11. The van der Waals surface area contributed by atoms with Crippen LogP contribution in [0, 0.1) is 6.92 Å². The molecule has 3 N–H and O–H groups in total. The fraction of sp³-hybridized carbons (Fsp3) is 0.500. The number of hydrazine groups is 1. The van der Waals surface area contributed by atoms with Crippen LogP contribution < -0.4 is 11.3 Å². The van der Waals surface area contributed by atoms with Gasteiger partial charge in [0.25, 0.3) is 5.91 Å². The molecule has 0 fully saturated rings. The quantitative estimate of drug-likeness (QED) is 0.607. The molecule has 1 aromatic carbocycles. The minimum atomic E-state index is -0.0417. The molecule has 0 saturated heterocycles. The molecule has 0 aliphatic heterocycles. The van der Waals surface area contributed by atoms with Gasteiger partial charge in [0.15, 0.2) is 0 Å². The van der Waals surface area contributed by atoms with Crippen LogP contribution in [0.3, 0.4) is 0 Å². The number of amides is 1. The maximum absolute atomic E-state index is 12.6. The summed E-state index contributed by atoms with van der Waals surface area (Å²) in [7, 11) is 1.63. The zero-order valence-corrected chi connectivity index (χ0v) is 12.1. The Morgan fingerprint density at radius 1 is 1.47 bits per heavy atom. The lowest BCUT2D eigenvalue weighted by Crippen LogP contribution is -2.39. The first-order valence-electron chi connectivity index (χ1n) is 6.38. The molecule has 0 spiro atoms. The number of carbonyl (C=O) groups is 1. The molecule has 0 bridgehead atoms. The second-order valence-electron chi connectivity index (χ2n) is 4.78. The van der Waals surface area contributed by atoms with Crippen LogP contribution in [0.2, 0.25) is 0 Å². The Balaban J connectivity index is 3.02. The van der Waals surface area contributed by atoms with E-state index in [1.165, 1.54) is 0 Å². The molecule has 0 aliphatic carbocycles. The van der Waals surface area contributed by atoms with Crippen LogP contribution in [0.25, 0.3) is 0 Å². The van der Waals surface area contributed by atoms with Crippen LogP contribution in [0.4, 0.5) is 5.69 Å². The van der Waals surface area contributed by atoms with Gasteiger partial charge in [-0.15, -0.1) is 0 Å². The molecular formula is C14H23N3O2. The van der Waals surface area contributed by atoms with Crippen molar-refractivity contribution < 1.29 is 9.53 Å². The molecule has 0 saturated carbocycles. The normalized spacial score (nSPS) is 10.6. The average Bonchev–Trinajstić information content (AvgIpc) is 2.38. The minimum Gasteiger partial charge on any atom is -0.383 e. The van der Waals surface area contributed by atoms with E-state index >= 15 is 0 Å². The van der Waals surface area contributed by atoms with Gasteiger partial charge in [-0.25, -0.2) is 0 Å². The highest BCUT2D eigenvalue weighted by atomic mass is 16.5. The lowest BCUT2D eigenvalue weighted by molar-refractivity contribution is 0.0636. The van der Waals surface area contributed by atoms with Crippen LogP contribution in [0.15, 0.2) is 18.2 Å². The summed E-state index contributed by atoms with van der Waals surface area (Å²) < 4.78 is 5.05. The first-order valence-corrected chi connectivity index (χ1v) is 6.38. The molecule has 5 heteroatoms. The van der Waals surface area contributed by atoms with Crippen molar-refractivity contribution in [3.8, 4) is 0 Å². The van der Waals surface area contributed by atoms with E-state index in [0.29, 0.717) is 24.4 Å². The molecule has 0 aromatic heterocycles. The molecule has 106 valence electrons. The van der Waals surface area contributed by atoms with Crippen LogP contribution in [0.5, 0.6) is 0 Å². The zero-order chi connectivity index (χ0) is 14.4. The maximum atomic E-state index is 12.6. The number of hydrogen-bond donors (Lipinski definition) is 2. The first-order chi connectivity index (χ1) is 9.01. The highest BCUT2D eigenvalue weighted by molar-refractivity contribution is 5.99.